The van der Waals surface area contributed by atoms with Crippen LogP contribution in [0.15, 0.2) is 47.6 Å². The molecule has 2 aromatic carbocycles. The summed E-state index contributed by atoms with van der Waals surface area (Å²) in [5.41, 5.74) is 0.884. The average Bonchev–Trinajstić information content (AvgIpc) is 3.26. The van der Waals surface area contributed by atoms with Crippen LogP contribution in [0.1, 0.15) is 54.6 Å². The summed E-state index contributed by atoms with van der Waals surface area (Å²) in [6.45, 7) is 6.77. The van der Waals surface area contributed by atoms with Gasteiger partial charge in [-0.2, -0.15) is 0 Å². The number of hydrogen-bond acceptors (Lipinski definition) is 5. The van der Waals surface area contributed by atoms with Crippen LogP contribution in [0.2, 0.25) is 5.02 Å². The Morgan fingerprint density at radius 3 is 2.48 bits per heavy atom. The van der Waals surface area contributed by atoms with Gasteiger partial charge >= 0.3 is 0 Å². The second kappa shape index (κ2) is 7.87. The monoisotopic (exact) mass is 466 g/mol. The number of carbonyl (C=O) groups is 2. The number of carbonyl (C=O) groups excluding carboxylic acids is 2. The van der Waals surface area contributed by atoms with E-state index in [4.69, 9.17) is 21.2 Å². The van der Waals surface area contributed by atoms with Crippen molar-refractivity contribution < 1.29 is 19.2 Å². The zero-order valence-electron chi connectivity index (χ0n) is 19.1. The number of aryl methyl sites for hydroxylation is 1. The number of fused-ring (bicyclic) bond motifs is 2. The van der Waals surface area contributed by atoms with E-state index in [1.807, 2.05) is 56.0 Å². The Kier molecular flexibility index (Phi) is 5.24. The molecule has 0 aliphatic carbocycles. The van der Waals surface area contributed by atoms with Crippen LogP contribution in [0.3, 0.4) is 0 Å². The third-order valence-electron chi connectivity index (χ3n) is 7.07. The Morgan fingerprint density at radius 2 is 1.82 bits per heavy atom. The number of Topliss-reactive ketones (excluding diaryl/α,β-unsaturated/α-hetero) is 1. The van der Waals surface area contributed by atoms with Gasteiger partial charge in [0.1, 0.15) is 5.75 Å². The molecule has 3 aliphatic rings. The summed E-state index contributed by atoms with van der Waals surface area (Å²) >= 11 is 6.06. The van der Waals surface area contributed by atoms with Crippen molar-refractivity contribution in [3.8, 4) is 5.75 Å². The van der Waals surface area contributed by atoms with E-state index in [0.29, 0.717) is 54.4 Å². The lowest BCUT2D eigenvalue weighted by Gasteiger charge is -2.51. The number of likely N-dealkylation sites (tertiary alicyclic amines) is 1. The highest BCUT2D eigenvalue weighted by atomic mass is 35.5. The van der Waals surface area contributed by atoms with E-state index in [1.165, 1.54) is 0 Å². The van der Waals surface area contributed by atoms with Gasteiger partial charge in [0.15, 0.2) is 5.60 Å². The van der Waals surface area contributed by atoms with E-state index < -0.39 is 11.2 Å². The number of rotatable bonds is 2. The fourth-order valence-electron chi connectivity index (χ4n) is 5.18. The van der Waals surface area contributed by atoms with Gasteiger partial charge in [0.05, 0.1) is 11.3 Å². The van der Waals surface area contributed by atoms with Gasteiger partial charge in [-0.15, -0.1) is 0 Å². The highest BCUT2D eigenvalue weighted by molar-refractivity contribution is 6.30. The molecule has 0 radical (unpaired) electrons. The molecule has 3 heterocycles. The molecule has 0 bridgehead atoms. The van der Waals surface area contributed by atoms with Crippen molar-refractivity contribution in [2.24, 2.45) is 11.1 Å². The number of halogens is 1. The maximum absolute atomic E-state index is 14.0. The maximum atomic E-state index is 14.0. The number of benzene rings is 2. The van der Waals surface area contributed by atoms with Crippen LogP contribution in [-0.2, 0) is 9.63 Å². The summed E-state index contributed by atoms with van der Waals surface area (Å²) < 4.78 is 6.64. The van der Waals surface area contributed by atoms with E-state index >= 15 is 0 Å². The number of amides is 1. The molecule has 5 rings (SSSR count). The summed E-state index contributed by atoms with van der Waals surface area (Å²) in [6, 6.07) is 13.0. The van der Waals surface area contributed by atoms with Crippen LogP contribution < -0.4 is 4.74 Å². The predicted octanol–water partition coefficient (Wildman–Crippen LogP) is 4.80. The molecule has 33 heavy (non-hydrogen) atoms. The van der Waals surface area contributed by atoms with E-state index in [-0.39, 0.29) is 17.6 Å². The lowest BCUT2D eigenvalue weighted by Crippen LogP contribution is -2.68. The van der Waals surface area contributed by atoms with Crippen LogP contribution >= 0.6 is 11.6 Å². The van der Waals surface area contributed by atoms with Gasteiger partial charge in [-0.05, 0) is 36.8 Å². The second-order valence-corrected chi connectivity index (χ2v) is 9.98. The minimum atomic E-state index is -1.27. The Labute approximate surface area is 198 Å². The van der Waals surface area contributed by atoms with Crippen LogP contribution in [0.5, 0.6) is 5.75 Å². The molecule has 2 spiro atoms. The molecule has 2 aromatic rings. The fraction of sp³-hybridized carbons (Fsp3) is 0.423. The third kappa shape index (κ3) is 3.43. The molecule has 1 saturated heterocycles. The normalized spacial score (nSPS) is 23.4. The van der Waals surface area contributed by atoms with Gasteiger partial charge in [0.25, 0.3) is 0 Å². The molecule has 1 atom stereocenters. The Morgan fingerprint density at radius 1 is 1.12 bits per heavy atom. The summed E-state index contributed by atoms with van der Waals surface area (Å²) in [5.74, 6) is 0.503. The number of ketones is 1. The zero-order valence-corrected chi connectivity index (χ0v) is 19.8. The summed E-state index contributed by atoms with van der Waals surface area (Å²) in [5, 5.41) is 5.01. The molecule has 0 aromatic heterocycles. The van der Waals surface area contributed by atoms with Crippen molar-refractivity contribution in [3.63, 3.8) is 0 Å². The summed E-state index contributed by atoms with van der Waals surface area (Å²) in [4.78, 5) is 34.6. The summed E-state index contributed by atoms with van der Waals surface area (Å²) in [7, 11) is 0. The first-order chi connectivity index (χ1) is 15.7. The molecule has 0 saturated carbocycles. The maximum Gasteiger partial charge on any atom is 0.244 e. The first-order valence-corrected chi connectivity index (χ1v) is 11.8. The standard InChI is InChI=1S/C26H27ClN2O4/c1-16(2)24(31)29-12-10-25(11-13-29)26(23(30)20-14-17(3)4-9-22(20)32-25)15-21(28-33-26)18-5-7-19(27)8-6-18/h4-9,14,16H,10-13,15H2,1-3H3. The molecular formula is C26H27ClN2O4. The highest BCUT2D eigenvalue weighted by Crippen LogP contribution is 2.51. The molecular weight excluding hydrogens is 440 g/mol. The first kappa shape index (κ1) is 22.0. The van der Waals surface area contributed by atoms with Crippen LogP contribution in [0, 0.1) is 12.8 Å². The van der Waals surface area contributed by atoms with Gasteiger partial charge in [-0.1, -0.05) is 54.4 Å². The average molecular weight is 467 g/mol. The number of hydrogen-bond donors (Lipinski definition) is 0. The van der Waals surface area contributed by atoms with Gasteiger partial charge < -0.3 is 14.5 Å². The van der Waals surface area contributed by atoms with Crippen LogP contribution in [-0.4, -0.2) is 46.6 Å². The Hall–Kier alpha value is -2.86. The molecule has 1 fully saturated rings. The number of ether oxygens (including phenoxy) is 1. The minimum absolute atomic E-state index is 0.0758. The van der Waals surface area contributed by atoms with Crippen molar-refractivity contribution in [3.05, 3.63) is 64.2 Å². The third-order valence-corrected chi connectivity index (χ3v) is 7.32. The lowest BCUT2D eigenvalue weighted by atomic mass is 9.67. The van der Waals surface area contributed by atoms with E-state index in [1.54, 1.807) is 12.1 Å². The second-order valence-electron chi connectivity index (χ2n) is 9.55. The number of oxime groups is 1. The molecule has 1 unspecified atom stereocenters. The molecule has 172 valence electrons. The topological polar surface area (TPSA) is 68.2 Å². The lowest BCUT2D eigenvalue weighted by molar-refractivity contribution is -0.164. The smallest absolute Gasteiger partial charge is 0.244 e. The van der Waals surface area contributed by atoms with E-state index in [0.717, 1.165) is 11.1 Å². The van der Waals surface area contributed by atoms with Crippen molar-refractivity contribution in [1.82, 2.24) is 4.90 Å². The molecule has 1 amide bonds. The number of piperidine rings is 1. The van der Waals surface area contributed by atoms with Gasteiger partial charge in [0.2, 0.25) is 17.3 Å². The SMILES string of the molecule is Cc1ccc2c(c1)C(=O)C1(CC(c3ccc(Cl)cc3)=NO1)C1(CCN(C(=O)C(C)C)CC1)O2. The quantitative estimate of drug-likeness (QED) is 0.637. The minimum Gasteiger partial charge on any atom is -0.482 e. The van der Waals surface area contributed by atoms with Crippen molar-refractivity contribution >= 4 is 29.0 Å². The van der Waals surface area contributed by atoms with Crippen LogP contribution in [0.4, 0.5) is 0 Å². The molecule has 3 aliphatic heterocycles. The predicted molar refractivity (Wildman–Crippen MR) is 126 cm³/mol. The number of nitrogens with zero attached hydrogens (tertiary/aromatic N) is 2. The van der Waals surface area contributed by atoms with E-state index in [2.05, 4.69) is 5.16 Å². The van der Waals surface area contributed by atoms with Crippen LogP contribution in [0.25, 0.3) is 0 Å². The zero-order chi connectivity index (χ0) is 23.4. The largest absolute Gasteiger partial charge is 0.482 e. The molecule has 7 heteroatoms. The van der Waals surface area contributed by atoms with Crippen molar-refractivity contribution in [1.29, 1.82) is 0 Å². The molecule has 6 nitrogen and oxygen atoms in total. The summed E-state index contributed by atoms with van der Waals surface area (Å²) in [6.07, 6.45) is 1.29. The molecule has 0 N–H and O–H groups in total. The van der Waals surface area contributed by atoms with Gasteiger partial charge in [0, 0.05) is 43.3 Å². The first-order valence-electron chi connectivity index (χ1n) is 11.4. The van der Waals surface area contributed by atoms with Crippen molar-refractivity contribution in [2.75, 3.05) is 13.1 Å². The fourth-order valence-corrected chi connectivity index (χ4v) is 5.31. The van der Waals surface area contributed by atoms with Crippen molar-refractivity contribution in [2.45, 2.75) is 51.2 Å². The Balaban J connectivity index is 1.53. The van der Waals surface area contributed by atoms with Gasteiger partial charge in [-0.25, -0.2) is 0 Å². The van der Waals surface area contributed by atoms with E-state index in [9.17, 15) is 9.59 Å². The van der Waals surface area contributed by atoms with Gasteiger partial charge in [-0.3, -0.25) is 9.59 Å². The Bertz CT molecular complexity index is 1150. The highest BCUT2D eigenvalue weighted by Gasteiger charge is 2.67.